The molecule has 5 rings (SSSR count). The number of rotatable bonds is 11. The predicted molar refractivity (Wildman–Crippen MR) is 158 cm³/mol. The van der Waals surface area contributed by atoms with E-state index in [4.69, 9.17) is 14.2 Å². The van der Waals surface area contributed by atoms with Crippen molar-refractivity contribution in [3.63, 3.8) is 0 Å². The van der Waals surface area contributed by atoms with Gasteiger partial charge in [0.25, 0.3) is 0 Å². The lowest BCUT2D eigenvalue weighted by Crippen LogP contribution is -2.37. The van der Waals surface area contributed by atoms with Crippen molar-refractivity contribution < 1.29 is 14.2 Å². The molecular weight excluding hydrogens is 510 g/mol. The lowest BCUT2D eigenvalue weighted by molar-refractivity contribution is 0.0357. The Morgan fingerprint density at radius 1 is 1.08 bits per heavy atom. The molecule has 2 heterocycles. The van der Waals surface area contributed by atoms with Crippen LogP contribution in [0.15, 0.2) is 42.6 Å². The number of benzene rings is 2. The van der Waals surface area contributed by atoms with E-state index < -0.39 is 0 Å². The molecule has 1 saturated carbocycles. The second-order valence-corrected chi connectivity index (χ2v) is 11.1. The summed E-state index contributed by atoms with van der Waals surface area (Å²) < 4.78 is 20.7. The minimum Gasteiger partial charge on any atom is -0.493 e. The first kappa shape index (κ1) is 27.4. The summed E-state index contributed by atoms with van der Waals surface area (Å²) in [4.78, 5) is 6.94. The van der Waals surface area contributed by atoms with Crippen LogP contribution in [0.25, 0.3) is 10.9 Å². The summed E-state index contributed by atoms with van der Waals surface area (Å²) in [6, 6.07) is 14.3. The van der Waals surface area contributed by atoms with Crippen molar-refractivity contribution in [2.75, 3.05) is 56.6 Å². The van der Waals surface area contributed by atoms with Crippen molar-refractivity contribution in [3.05, 3.63) is 48.2 Å². The number of ether oxygens (including phenoxy) is 3. The number of anilines is 3. The van der Waals surface area contributed by atoms with Crippen LogP contribution in [0.5, 0.6) is 11.5 Å². The van der Waals surface area contributed by atoms with Gasteiger partial charge in [0.15, 0.2) is 11.5 Å². The highest BCUT2D eigenvalue weighted by Crippen LogP contribution is 2.37. The van der Waals surface area contributed by atoms with Gasteiger partial charge in [0, 0.05) is 53.9 Å². The lowest BCUT2D eigenvalue weighted by atomic mass is 10.0. The van der Waals surface area contributed by atoms with E-state index in [2.05, 4.69) is 38.1 Å². The molecule has 0 unspecified atom stereocenters. The van der Waals surface area contributed by atoms with Crippen molar-refractivity contribution in [2.45, 2.75) is 43.8 Å². The zero-order valence-corrected chi connectivity index (χ0v) is 23.4. The standard InChI is InChI=1S/C30H37N5O3S/c1-36-28-18-26-27(19-29(28)38-15-5-12-35-13-16-37-17-14-35)32-21-22(20-31)30(26)33-23-8-10-24(11-9-23)34-39-25-6-3-2-4-7-25/h8-11,18-19,21,25,34H,2-7,12-17H2,1H3,(H,32,33). The minimum atomic E-state index is 0.471. The number of fused-ring (bicyclic) bond motifs is 1. The number of nitrogens with zero attached hydrogens (tertiary/aromatic N) is 3. The summed E-state index contributed by atoms with van der Waals surface area (Å²) in [5.74, 6) is 1.27. The molecule has 1 aromatic heterocycles. The van der Waals surface area contributed by atoms with Crippen LogP contribution < -0.4 is 19.5 Å². The van der Waals surface area contributed by atoms with Gasteiger partial charge in [-0.2, -0.15) is 5.26 Å². The highest BCUT2D eigenvalue weighted by atomic mass is 32.2. The molecule has 206 valence electrons. The van der Waals surface area contributed by atoms with E-state index in [0.717, 1.165) is 61.5 Å². The lowest BCUT2D eigenvalue weighted by Gasteiger charge is -2.26. The smallest absolute Gasteiger partial charge is 0.163 e. The van der Waals surface area contributed by atoms with Crippen molar-refractivity contribution >= 4 is 39.9 Å². The van der Waals surface area contributed by atoms with Crippen molar-refractivity contribution in [1.82, 2.24) is 9.88 Å². The molecule has 1 saturated heterocycles. The monoisotopic (exact) mass is 547 g/mol. The molecule has 0 bridgehead atoms. The molecule has 0 amide bonds. The number of hydrogen-bond donors (Lipinski definition) is 2. The number of pyridine rings is 1. The van der Waals surface area contributed by atoms with E-state index in [1.165, 1.54) is 32.1 Å². The third-order valence-electron chi connectivity index (χ3n) is 7.30. The third-order valence-corrected chi connectivity index (χ3v) is 8.46. The summed E-state index contributed by atoms with van der Waals surface area (Å²) in [7, 11) is 1.63. The first-order valence-electron chi connectivity index (χ1n) is 13.9. The number of morpholine rings is 1. The normalized spacial score (nSPS) is 16.5. The van der Waals surface area contributed by atoms with Crippen molar-refractivity contribution in [3.8, 4) is 17.6 Å². The van der Waals surface area contributed by atoms with Gasteiger partial charge in [0.1, 0.15) is 6.07 Å². The summed E-state index contributed by atoms with van der Waals surface area (Å²) >= 11 is 1.83. The van der Waals surface area contributed by atoms with Crippen LogP contribution in [-0.2, 0) is 4.74 Å². The van der Waals surface area contributed by atoms with Gasteiger partial charge in [0.05, 0.1) is 43.7 Å². The molecule has 2 N–H and O–H groups in total. The fraction of sp³-hybridized carbons (Fsp3) is 0.467. The molecule has 0 atom stereocenters. The van der Waals surface area contributed by atoms with Gasteiger partial charge in [-0.1, -0.05) is 19.3 Å². The van der Waals surface area contributed by atoms with Crippen LogP contribution in [0.2, 0.25) is 0 Å². The molecule has 9 heteroatoms. The average molecular weight is 548 g/mol. The molecule has 8 nitrogen and oxygen atoms in total. The highest BCUT2D eigenvalue weighted by Gasteiger charge is 2.16. The van der Waals surface area contributed by atoms with E-state index in [1.807, 2.05) is 36.2 Å². The van der Waals surface area contributed by atoms with Crippen molar-refractivity contribution in [1.29, 1.82) is 5.26 Å². The number of aromatic nitrogens is 1. The Morgan fingerprint density at radius 3 is 2.59 bits per heavy atom. The molecule has 0 spiro atoms. The van der Waals surface area contributed by atoms with Crippen LogP contribution in [0, 0.1) is 11.3 Å². The van der Waals surface area contributed by atoms with Crippen LogP contribution in [0.3, 0.4) is 0 Å². The summed E-state index contributed by atoms with van der Waals surface area (Å²) in [5.41, 5.74) is 3.89. The molecule has 0 radical (unpaired) electrons. The fourth-order valence-corrected chi connectivity index (χ4v) is 6.09. The Kier molecular flexibility index (Phi) is 9.65. The first-order valence-corrected chi connectivity index (χ1v) is 14.7. The quantitative estimate of drug-likeness (QED) is 0.210. The van der Waals surface area contributed by atoms with E-state index in [9.17, 15) is 5.26 Å². The van der Waals surface area contributed by atoms with Gasteiger partial charge in [-0.05, 0) is 61.5 Å². The van der Waals surface area contributed by atoms with E-state index >= 15 is 0 Å². The molecule has 39 heavy (non-hydrogen) atoms. The Bertz CT molecular complexity index is 1270. The zero-order valence-electron chi connectivity index (χ0n) is 22.6. The van der Waals surface area contributed by atoms with E-state index in [-0.39, 0.29) is 0 Å². The van der Waals surface area contributed by atoms with Crippen LogP contribution in [0.4, 0.5) is 17.1 Å². The van der Waals surface area contributed by atoms with Gasteiger partial charge in [0.2, 0.25) is 0 Å². The molecular formula is C30H37N5O3S. The van der Waals surface area contributed by atoms with Crippen LogP contribution in [-0.4, -0.2) is 61.7 Å². The van der Waals surface area contributed by atoms with E-state index in [0.29, 0.717) is 34.6 Å². The first-order chi connectivity index (χ1) is 19.2. The summed E-state index contributed by atoms with van der Waals surface area (Å²) in [6.07, 6.45) is 9.12. The zero-order chi connectivity index (χ0) is 26.9. The summed E-state index contributed by atoms with van der Waals surface area (Å²) in [6.45, 7) is 5.10. The second kappa shape index (κ2) is 13.7. The Balaban J connectivity index is 1.27. The maximum Gasteiger partial charge on any atom is 0.163 e. The fourth-order valence-electron chi connectivity index (χ4n) is 5.09. The molecule has 1 aliphatic heterocycles. The van der Waals surface area contributed by atoms with Crippen molar-refractivity contribution in [2.24, 2.45) is 0 Å². The number of nitriles is 1. The van der Waals surface area contributed by atoms with E-state index in [1.54, 1.807) is 13.3 Å². The number of hydrogen-bond acceptors (Lipinski definition) is 9. The van der Waals surface area contributed by atoms with Gasteiger partial charge >= 0.3 is 0 Å². The molecule has 3 aromatic rings. The molecule has 1 aliphatic carbocycles. The van der Waals surface area contributed by atoms with Gasteiger partial charge in [-0.25, -0.2) is 0 Å². The highest BCUT2D eigenvalue weighted by molar-refractivity contribution is 8.01. The molecule has 2 aromatic carbocycles. The minimum absolute atomic E-state index is 0.471. The Morgan fingerprint density at radius 2 is 1.85 bits per heavy atom. The number of nitrogens with one attached hydrogen (secondary N) is 2. The molecule has 2 aliphatic rings. The number of methoxy groups -OCH3 is 1. The summed E-state index contributed by atoms with van der Waals surface area (Å²) in [5, 5.41) is 14.8. The van der Waals surface area contributed by atoms with Gasteiger partial charge in [-0.15, -0.1) is 0 Å². The largest absolute Gasteiger partial charge is 0.493 e. The third kappa shape index (κ3) is 7.27. The Hall–Kier alpha value is -3.19. The van der Waals surface area contributed by atoms with Gasteiger partial charge in [-0.3, -0.25) is 9.88 Å². The van der Waals surface area contributed by atoms with Crippen LogP contribution >= 0.6 is 11.9 Å². The average Bonchev–Trinajstić information content (AvgIpc) is 2.99. The Labute approximate surface area is 235 Å². The second-order valence-electron chi connectivity index (χ2n) is 10.0. The van der Waals surface area contributed by atoms with Crippen LogP contribution in [0.1, 0.15) is 44.1 Å². The maximum absolute atomic E-state index is 9.82. The predicted octanol–water partition coefficient (Wildman–Crippen LogP) is 6.35. The topological polar surface area (TPSA) is 91.7 Å². The molecule has 2 fully saturated rings. The SMILES string of the molecule is COc1cc2c(Nc3ccc(NSC4CCCCC4)cc3)c(C#N)cnc2cc1OCCCN1CCOCC1. The maximum atomic E-state index is 9.82. The van der Waals surface area contributed by atoms with Gasteiger partial charge < -0.3 is 24.2 Å².